The SMILES string of the molecule is COc1ccc(OCC(=O)N2CCC3(CC2)CC(CCNC(=O)C2CC2)CCO3)cc1. The molecular formula is C24H34N2O5. The summed E-state index contributed by atoms with van der Waals surface area (Å²) < 4.78 is 17.0. The summed E-state index contributed by atoms with van der Waals surface area (Å²) in [6.45, 7) is 2.99. The van der Waals surface area contributed by atoms with Crippen LogP contribution in [0.4, 0.5) is 0 Å². The number of methoxy groups -OCH3 is 1. The molecule has 1 unspecified atom stereocenters. The number of amides is 2. The highest BCUT2D eigenvalue weighted by Gasteiger charge is 2.41. The fourth-order valence-corrected chi connectivity index (χ4v) is 4.69. The monoisotopic (exact) mass is 430 g/mol. The van der Waals surface area contributed by atoms with Crippen molar-refractivity contribution >= 4 is 11.8 Å². The number of ether oxygens (including phenoxy) is 3. The van der Waals surface area contributed by atoms with Crippen molar-refractivity contribution in [1.82, 2.24) is 10.2 Å². The summed E-state index contributed by atoms with van der Waals surface area (Å²) in [4.78, 5) is 26.3. The first-order valence-corrected chi connectivity index (χ1v) is 11.5. The van der Waals surface area contributed by atoms with E-state index in [1.54, 1.807) is 19.2 Å². The molecule has 7 nitrogen and oxygen atoms in total. The van der Waals surface area contributed by atoms with Gasteiger partial charge in [-0.1, -0.05) is 0 Å². The van der Waals surface area contributed by atoms with Crippen LogP contribution < -0.4 is 14.8 Å². The van der Waals surface area contributed by atoms with Crippen LogP contribution in [0.3, 0.4) is 0 Å². The van der Waals surface area contributed by atoms with E-state index in [-0.39, 0.29) is 29.9 Å². The predicted octanol–water partition coefficient (Wildman–Crippen LogP) is 2.78. The average Bonchev–Trinajstić information content (AvgIpc) is 3.64. The second-order valence-corrected chi connectivity index (χ2v) is 9.09. The summed E-state index contributed by atoms with van der Waals surface area (Å²) in [6, 6.07) is 7.25. The van der Waals surface area contributed by atoms with Gasteiger partial charge in [-0.25, -0.2) is 0 Å². The van der Waals surface area contributed by atoms with Gasteiger partial charge in [0.05, 0.1) is 12.7 Å². The summed E-state index contributed by atoms with van der Waals surface area (Å²) in [5, 5.41) is 3.09. The summed E-state index contributed by atoms with van der Waals surface area (Å²) in [6.07, 6.45) is 6.93. The van der Waals surface area contributed by atoms with Gasteiger partial charge >= 0.3 is 0 Å². The Morgan fingerprint density at radius 3 is 2.52 bits per heavy atom. The quantitative estimate of drug-likeness (QED) is 0.686. The number of hydrogen-bond acceptors (Lipinski definition) is 5. The maximum Gasteiger partial charge on any atom is 0.260 e. The molecule has 3 aliphatic rings. The van der Waals surface area contributed by atoms with Gasteiger partial charge in [-0.05, 0) is 75.1 Å². The van der Waals surface area contributed by atoms with E-state index in [1.165, 1.54) is 0 Å². The number of nitrogens with zero attached hydrogens (tertiary/aromatic N) is 1. The normalized spacial score (nSPS) is 22.7. The molecule has 4 rings (SSSR count). The molecule has 0 bridgehead atoms. The molecule has 1 aromatic rings. The van der Waals surface area contributed by atoms with Gasteiger partial charge in [-0.15, -0.1) is 0 Å². The van der Waals surface area contributed by atoms with E-state index in [0.717, 1.165) is 63.8 Å². The largest absolute Gasteiger partial charge is 0.497 e. The van der Waals surface area contributed by atoms with Crippen LogP contribution in [0, 0.1) is 11.8 Å². The van der Waals surface area contributed by atoms with Gasteiger partial charge in [-0.2, -0.15) is 0 Å². The zero-order valence-corrected chi connectivity index (χ0v) is 18.4. The van der Waals surface area contributed by atoms with Crippen LogP contribution in [-0.4, -0.2) is 62.3 Å². The smallest absolute Gasteiger partial charge is 0.260 e. The molecule has 0 radical (unpaired) electrons. The minimum absolute atomic E-state index is 0.0146. The number of carbonyl (C=O) groups excluding carboxylic acids is 2. The molecule has 3 fully saturated rings. The first-order chi connectivity index (χ1) is 15.1. The van der Waals surface area contributed by atoms with Gasteiger partial charge in [0.2, 0.25) is 5.91 Å². The zero-order chi connectivity index (χ0) is 21.7. The van der Waals surface area contributed by atoms with Crippen molar-refractivity contribution in [3.05, 3.63) is 24.3 Å². The van der Waals surface area contributed by atoms with Gasteiger partial charge in [0.25, 0.3) is 5.91 Å². The number of hydrogen-bond donors (Lipinski definition) is 1. The van der Waals surface area contributed by atoms with E-state index in [1.807, 2.05) is 17.0 Å². The molecule has 2 aliphatic heterocycles. The first-order valence-electron chi connectivity index (χ1n) is 11.5. The summed E-state index contributed by atoms with van der Waals surface area (Å²) in [5.41, 5.74) is -0.114. The molecular weight excluding hydrogens is 396 g/mol. The highest BCUT2D eigenvalue weighted by molar-refractivity contribution is 5.80. The van der Waals surface area contributed by atoms with Crippen LogP contribution in [0.15, 0.2) is 24.3 Å². The second kappa shape index (κ2) is 9.90. The van der Waals surface area contributed by atoms with Crippen LogP contribution in [0.5, 0.6) is 11.5 Å². The Hall–Kier alpha value is -2.28. The molecule has 1 saturated carbocycles. The number of likely N-dealkylation sites (tertiary alicyclic amines) is 1. The van der Waals surface area contributed by atoms with E-state index >= 15 is 0 Å². The average molecular weight is 431 g/mol. The third-order valence-electron chi connectivity index (χ3n) is 6.84. The molecule has 1 atom stereocenters. The fourth-order valence-electron chi connectivity index (χ4n) is 4.69. The Balaban J connectivity index is 1.18. The first kappa shape index (κ1) is 21.9. The zero-order valence-electron chi connectivity index (χ0n) is 18.4. The highest BCUT2D eigenvalue weighted by atomic mass is 16.5. The van der Waals surface area contributed by atoms with Gasteiger partial charge in [0.15, 0.2) is 6.61 Å². The Labute approximate surface area is 184 Å². The predicted molar refractivity (Wildman–Crippen MR) is 116 cm³/mol. The van der Waals surface area contributed by atoms with Crippen LogP contribution in [-0.2, 0) is 14.3 Å². The lowest BCUT2D eigenvalue weighted by Gasteiger charge is -2.46. The standard InChI is InChI=1S/C24H34N2O5/c1-29-20-4-6-21(7-5-20)30-17-22(27)26-13-10-24(11-14-26)16-18(9-15-31-24)8-12-25-23(28)19-2-3-19/h4-7,18-19H,2-3,8-17H2,1H3,(H,25,28). The molecule has 1 spiro atoms. The summed E-state index contributed by atoms with van der Waals surface area (Å²) in [5.74, 6) is 2.52. The molecule has 170 valence electrons. The van der Waals surface area contributed by atoms with E-state index in [2.05, 4.69) is 5.32 Å². The lowest BCUT2D eigenvalue weighted by atomic mass is 9.78. The molecule has 1 aromatic carbocycles. The highest BCUT2D eigenvalue weighted by Crippen LogP contribution is 2.38. The number of rotatable bonds is 8. The van der Waals surface area contributed by atoms with E-state index in [4.69, 9.17) is 14.2 Å². The molecule has 1 aliphatic carbocycles. The number of piperidine rings is 1. The summed E-state index contributed by atoms with van der Waals surface area (Å²) >= 11 is 0. The van der Waals surface area contributed by atoms with Gasteiger partial charge in [0, 0.05) is 32.2 Å². The lowest BCUT2D eigenvalue weighted by molar-refractivity contribution is -0.148. The van der Waals surface area contributed by atoms with Crippen LogP contribution in [0.1, 0.15) is 44.9 Å². The van der Waals surface area contributed by atoms with Crippen molar-refractivity contribution in [3.8, 4) is 11.5 Å². The lowest BCUT2D eigenvalue weighted by Crippen LogP contribution is -2.51. The van der Waals surface area contributed by atoms with Crippen LogP contribution >= 0.6 is 0 Å². The minimum atomic E-state index is -0.114. The number of nitrogens with one attached hydrogen (secondary N) is 1. The molecule has 31 heavy (non-hydrogen) atoms. The van der Waals surface area contributed by atoms with Gasteiger partial charge < -0.3 is 24.4 Å². The van der Waals surface area contributed by atoms with Crippen molar-refractivity contribution < 1.29 is 23.8 Å². The third-order valence-corrected chi connectivity index (χ3v) is 6.84. The second-order valence-electron chi connectivity index (χ2n) is 9.09. The molecule has 0 aromatic heterocycles. The molecule has 7 heteroatoms. The fraction of sp³-hybridized carbons (Fsp3) is 0.667. The Morgan fingerprint density at radius 1 is 1.13 bits per heavy atom. The van der Waals surface area contributed by atoms with Crippen molar-refractivity contribution in [2.75, 3.05) is 40.0 Å². The molecule has 1 N–H and O–H groups in total. The van der Waals surface area contributed by atoms with Crippen molar-refractivity contribution in [1.29, 1.82) is 0 Å². The summed E-state index contributed by atoms with van der Waals surface area (Å²) in [7, 11) is 1.62. The van der Waals surface area contributed by atoms with Crippen LogP contribution in [0.25, 0.3) is 0 Å². The molecule has 2 amide bonds. The van der Waals surface area contributed by atoms with Crippen molar-refractivity contribution in [2.24, 2.45) is 11.8 Å². The number of carbonyl (C=O) groups is 2. The van der Waals surface area contributed by atoms with Crippen LogP contribution in [0.2, 0.25) is 0 Å². The molecule has 2 heterocycles. The van der Waals surface area contributed by atoms with Crippen molar-refractivity contribution in [2.45, 2.75) is 50.5 Å². The Morgan fingerprint density at radius 2 is 1.84 bits per heavy atom. The topological polar surface area (TPSA) is 77.1 Å². The Kier molecular flexibility index (Phi) is 7.00. The minimum Gasteiger partial charge on any atom is -0.497 e. The Bertz CT molecular complexity index is 754. The molecule has 2 saturated heterocycles. The van der Waals surface area contributed by atoms with Crippen molar-refractivity contribution in [3.63, 3.8) is 0 Å². The van der Waals surface area contributed by atoms with E-state index in [9.17, 15) is 9.59 Å². The van der Waals surface area contributed by atoms with E-state index in [0.29, 0.717) is 24.8 Å². The van der Waals surface area contributed by atoms with E-state index < -0.39 is 0 Å². The maximum absolute atomic E-state index is 12.6. The number of benzene rings is 1. The van der Waals surface area contributed by atoms with Gasteiger partial charge in [0.1, 0.15) is 11.5 Å². The maximum atomic E-state index is 12.6. The van der Waals surface area contributed by atoms with Gasteiger partial charge in [-0.3, -0.25) is 9.59 Å². The third kappa shape index (κ3) is 5.91.